The van der Waals surface area contributed by atoms with E-state index in [1.54, 1.807) is 7.05 Å². The van der Waals surface area contributed by atoms with Crippen molar-refractivity contribution in [2.45, 2.75) is 69.8 Å². The third kappa shape index (κ3) is 11.1. The van der Waals surface area contributed by atoms with Gasteiger partial charge in [-0.05, 0) is 27.8 Å². The van der Waals surface area contributed by atoms with Crippen LogP contribution >= 0.6 is 0 Å². The van der Waals surface area contributed by atoms with Crippen LogP contribution < -0.4 is 0 Å². The molecule has 1 fully saturated rings. The summed E-state index contributed by atoms with van der Waals surface area (Å²) < 4.78 is 38.3. The summed E-state index contributed by atoms with van der Waals surface area (Å²) >= 11 is 0. The number of likely N-dealkylation sites (N-methyl/N-ethyl adjacent to an activating group) is 1. The van der Waals surface area contributed by atoms with E-state index in [0.717, 1.165) is 27.8 Å². The second-order valence-corrected chi connectivity index (χ2v) is 13.0. The molecule has 1 amide bonds. The van der Waals surface area contributed by atoms with Gasteiger partial charge >= 0.3 is 6.09 Å². The molecule has 9 nitrogen and oxygen atoms in total. The van der Waals surface area contributed by atoms with E-state index >= 15 is 0 Å². The maximum atomic E-state index is 13.8. The molecule has 0 radical (unpaired) electrons. The van der Waals surface area contributed by atoms with Crippen LogP contribution in [0.15, 0.2) is 152 Å². The second kappa shape index (κ2) is 19.8. The lowest BCUT2D eigenvalue weighted by atomic mass is 9.92. The van der Waals surface area contributed by atoms with E-state index in [-0.39, 0.29) is 33.0 Å². The Hall–Kier alpha value is -4.87. The van der Waals surface area contributed by atoms with Crippen molar-refractivity contribution in [1.82, 2.24) is 4.90 Å². The molecule has 0 aromatic heterocycles. The number of hydrogen-bond acceptors (Lipinski definition) is 8. The van der Waals surface area contributed by atoms with E-state index in [1.165, 1.54) is 4.90 Å². The van der Waals surface area contributed by atoms with Gasteiger partial charge in [-0.1, -0.05) is 152 Å². The summed E-state index contributed by atoms with van der Waals surface area (Å²) in [6, 6.07) is 47.7. The molecule has 5 aromatic carbocycles. The van der Waals surface area contributed by atoms with Gasteiger partial charge in [0, 0.05) is 7.05 Å². The fourth-order valence-electron chi connectivity index (χ4n) is 6.22. The Balaban J connectivity index is 1.32. The molecule has 1 saturated heterocycles. The molecule has 53 heavy (non-hydrogen) atoms. The Morgan fingerprint density at radius 1 is 0.585 bits per heavy atom. The second-order valence-electron chi connectivity index (χ2n) is 13.0. The predicted molar refractivity (Wildman–Crippen MR) is 200 cm³/mol. The summed E-state index contributed by atoms with van der Waals surface area (Å²) in [4.78, 5) is 15.3. The van der Waals surface area contributed by atoms with Gasteiger partial charge in [-0.3, -0.25) is 0 Å². The number of aliphatic hydroxyl groups is 1. The van der Waals surface area contributed by atoms with Gasteiger partial charge in [0.25, 0.3) is 0 Å². The molecule has 0 unspecified atom stereocenters. The quantitative estimate of drug-likeness (QED) is 0.107. The molecule has 0 bridgehead atoms. The van der Waals surface area contributed by atoms with E-state index in [1.807, 2.05) is 152 Å². The number of rotatable bonds is 17. The van der Waals surface area contributed by atoms with E-state index in [2.05, 4.69) is 0 Å². The highest BCUT2D eigenvalue weighted by molar-refractivity contribution is 5.67. The zero-order valence-electron chi connectivity index (χ0n) is 29.9. The first kappa shape index (κ1) is 37.9. The van der Waals surface area contributed by atoms with Gasteiger partial charge in [-0.2, -0.15) is 0 Å². The fourth-order valence-corrected chi connectivity index (χ4v) is 6.22. The van der Waals surface area contributed by atoms with Crippen molar-refractivity contribution in [3.05, 3.63) is 179 Å². The molecule has 1 aliphatic heterocycles. The number of amides is 1. The monoisotopic (exact) mass is 717 g/mol. The van der Waals surface area contributed by atoms with Gasteiger partial charge in [0.1, 0.15) is 31.0 Å². The van der Waals surface area contributed by atoms with E-state index < -0.39 is 42.8 Å². The molecule has 5 aromatic rings. The van der Waals surface area contributed by atoms with Crippen LogP contribution in [0.5, 0.6) is 0 Å². The van der Waals surface area contributed by atoms with Crippen molar-refractivity contribution < 1.29 is 38.3 Å². The van der Waals surface area contributed by atoms with Crippen molar-refractivity contribution in [2.24, 2.45) is 0 Å². The minimum atomic E-state index is -1.24. The maximum absolute atomic E-state index is 13.8. The molecule has 0 saturated carbocycles. The van der Waals surface area contributed by atoms with Crippen LogP contribution in [0.2, 0.25) is 0 Å². The Bertz CT molecular complexity index is 1760. The summed E-state index contributed by atoms with van der Waals surface area (Å²) in [5.74, 6) is 0. The van der Waals surface area contributed by atoms with Gasteiger partial charge in [0.2, 0.25) is 0 Å². The summed E-state index contributed by atoms with van der Waals surface area (Å²) in [5.41, 5.74) is 4.60. The first-order chi connectivity index (χ1) is 26.0. The van der Waals surface area contributed by atoms with Crippen LogP contribution in [0.3, 0.4) is 0 Å². The third-order valence-electron chi connectivity index (χ3n) is 9.15. The average molecular weight is 718 g/mol. The largest absolute Gasteiger partial charge is 0.445 e. The van der Waals surface area contributed by atoms with Crippen molar-refractivity contribution in [2.75, 3.05) is 13.7 Å². The van der Waals surface area contributed by atoms with Crippen LogP contribution in [0.25, 0.3) is 0 Å². The van der Waals surface area contributed by atoms with Crippen LogP contribution in [0.4, 0.5) is 4.79 Å². The van der Waals surface area contributed by atoms with Gasteiger partial charge in [0.05, 0.1) is 39.1 Å². The van der Waals surface area contributed by atoms with Gasteiger partial charge < -0.3 is 38.4 Å². The molecule has 0 spiro atoms. The molecule has 1 aliphatic rings. The van der Waals surface area contributed by atoms with Crippen molar-refractivity contribution in [3.8, 4) is 0 Å². The third-order valence-corrected chi connectivity index (χ3v) is 9.15. The predicted octanol–water partition coefficient (Wildman–Crippen LogP) is 7.31. The minimum Gasteiger partial charge on any atom is -0.445 e. The lowest BCUT2D eigenvalue weighted by Gasteiger charge is -2.48. The Labute approximate surface area is 311 Å². The van der Waals surface area contributed by atoms with Crippen molar-refractivity contribution in [3.63, 3.8) is 0 Å². The number of carbonyl (C=O) groups excluding carboxylic acids is 1. The highest BCUT2D eigenvalue weighted by Gasteiger charge is 2.51. The SMILES string of the molecule is CN(C(=O)OCc1ccccc1)[C@H](COCc1ccccc1)[C@H]1O[C@H](OCc2ccccc2)[C@H](O)[C@@H](OCc2ccccc2)[C@@H]1OCc1ccccc1. The Morgan fingerprint density at radius 2 is 0.981 bits per heavy atom. The topological polar surface area (TPSA) is 95.9 Å². The van der Waals surface area contributed by atoms with E-state index in [4.69, 9.17) is 28.4 Å². The maximum Gasteiger partial charge on any atom is 0.410 e. The van der Waals surface area contributed by atoms with Crippen molar-refractivity contribution >= 4 is 6.09 Å². The van der Waals surface area contributed by atoms with Crippen LogP contribution in [-0.4, -0.2) is 66.5 Å². The van der Waals surface area contributed by atoms with Crippen molar-refractivity contribution in [1.29, 1.82) is 0 Å². The molecular formula is C44H47NO8. The molecular weight excluding hydrogens is 670 g/mol. The lowest BCUT2D eigenvalue weighted by Crippen LogP contribution is -2.66. The van der Waals surface area contributed by atoms with Crippen LogP contribution in [-0.2, 0) is 61.5 Å². The molecule has 276 valence electrons. The van der Waals surface area contributed by atoms with Crippen LogP contribution in [0.1, 0.15) is 27.8 Å². The first-order valence-electron chi connectivity index (χ1n) is 17.9. The highest BCUT2D eigenvalue weighted by Crippen LogP contribution is 2.32. The Morgan fingerprint density at radius 3 is 1.45 bits per heavy atom. The molecule has 1 heterocycles. The standard InChI is InChI=1S/C44H47NO8/c1-45(44(47)52-31-37-25-15-6-16-26-37)38(32-48-27-33-17-7-2-8-18-33)40-42(50-29-35-21-11-4-12-22-35)41(49-28-34-19-9-3-10-20-34)39(46)43(53-40)51-30-36-23-13-5-14-24-36/h2-26,38-43,46H,27-32H2,1H3/t38-,39-,40-,41-,42-,43+/m1/s1. The minimum absolute atomic E-state index is 0.0641. The molecule has 9 heteroatoms. The highest BCUT2D eigenvalue weighted by atomic mass is 16.7. The van der Waals surface area contributed by atoms with Gasteiger partial charge in [-0.15, -0.1) is 0 Å². The number of aliphatic hydroxyl groups excluding tert-OH is 1. The summed E-state index contributed by atoms with van der Waals surface area (Å²) in [6.07, 6.45) is -5.58. The molecule has 1 N–H and O–H groups in total. The fraction of sp³-hybridized carbons (Fsp3) is 0.295. The number of ether oxygens (including phenoxy) is 6. The van der Waals surface area contributed by atoms with Crippen LogP contribution in [0, 0.1) is 0 Å². The first-order valence-corrected chi connectivity index (χ1v) is 17.9. The molecule has 6 atom stereocenters. The van der Waals surface area contributed by atoms with E-state index in [9.17, 15) is 9.90 Å². The van der Waals surface area contributed by atoms with E-state index in [0.29, 0.717) is 6.61 Å². The average Bonchev–Trinajstić information content (AvgIpc) is 3.22. The zero-order valence-corrected chi connectivity index (χ0v) is 29.9. The summed E-state index contributed by atoms with van der Waals surface area (Å²) in [6.45, 7) is 1.05. The number of carbonyl (C=O) groups is 1. The number of benzene rings is 5. The van der Waals surface area contributed by atoms with Gasteiger partial charge in [-0.25, -0.2) is 4.79 Å². The smallest absolute Gasteiger partial charge is 0.410 e. The number of hydrogen-bond donors (Lipinski definition) is 1. The number of nitrogens with zero attached hydrogens (tertiary/aromatic N) is 1. The molecule has 6 rings (SSSR count). The summed E-state index contributed by atoms with van der Waals surface area (Å²) in [7, 11) is 1.66. The van der Waals surface area contributed by atoms with Gasteiger partial charge in [0.15, 0.2) is 6.29 Å². The normalized spacial score (nSPS) is 20.4. The lowest BCUT2D eigenvalue weighted by molar-refractivity contribution is -0.324. The zero-order chi connectivity index (χ0) is 36.7. The molecule has 0 aliphatic carbocycles. The Kier molecular flexibility index (Phi) is 14.2. The summed E-state index contributed by atoms with van der Waals surface area (Å²) in [5, 5.41) is 11.9.